The molecule has 0 unspecified atom stereocenters. The highest BCUT2D eigenvalue weighted by atomic mass is 32.2. The van der Waals surface area contributed by atoms with Crippen LogP contribution >= 0.6 is 47.1 Å². The predicted octanol–water partition coefficient (Wildman–Crippen LogP) is 3.88. The molecule has 27 heavy (non-hydrogen) atoms. The molecule has 6 nitrogen and oxygen atoms in total. The number of carboxylic acid groups (broad SMARTS) is 1. The summed E-state index contributed by atoms with van der Waals surface area (Å²) in [5, 5.41) is 15.4. The van der Waals surface area contributed by atoms with E-state index < -0.39 is 10.8 Å². The molecule has 0 aliphatic heterocycles. The Morgan fingerprint density at radius 1 is 1.37 bits per heavy atom. The topological polar surface area (TPSA) is 82.5 Å². The molecule has 0 spiro atoms. The lowest BCUT2D eigenvalue weighted by Crippen LogP contribution is -2.54. The fourth-order valence-corrected chi connectivity index (χ4v) is 5.08. The smallest absolute Gasteiger partial charge is 0.340 e. The van der Waals surface area contributed by atoms with Crippen molar-refractivity contribution < 1.29 is 14.7 Å². The Hall–Kier alpha value is -1.62. The van der Waals surface area contributed by atoms with Crippen LogP contribution < -0.4 is 5.32 Å². The highest BCUT2D eigenvalue weighted by Crippen LogP contribution is 2.36. The first kappa shape index (κ1) is 21.7. The zero-order valence-corrected chi connectivity index (χ0v) is 18.0. The van der Waals surface area contributed by atoms with E-state index in [9.17, 15) is 14.7 Å². The van der Waals surface area contributed by atoms with E-state index in [1.807, 2.05) is 6.26 Å². The average molecular weight is 442 g/mol. The predicted molar refractivity (Wildman–Crippen MR) is 118 cm³/mol. The number of aliphatic carboxylic acids is 1. The molecule has 2 aromatic rings. The molecular weight excluding hydrogens is 422 g/mol. The van der Waals surface area contributed by atoms with E-state index in [0.717, 1.165) is 11.8 Å². The van der Waals surface area contributed by atoms with E-state index in [1.54, 1.807) is 41.9 Å². The number of carbonyl (C=O) groups excluding carboxylic acids is 1. The van der Waals surface area contributed by atoms with Crippen LogP contribution in [-0.2, 0) is 4.79 Å². The van der Waals surface area contributed by atoms with Gasteiger partial charge in [0.25, 0.3) is 5.91 Å². The fraction of sp³-hybridized carbons (Fsp3) is 0.294. The summed E-state index contributed by atoms with van der Waals surface area (Å²) < 4.78 is 0.251. The van der Waals surface area contributed by atoms with Crippen molar-refractivity contribution in [3.8, 4) is 0 Å². The van der Waals surface area contributed by atoms with Gasteiger partial charge in [-0.25, -0.2) is 9.78 Å². The number of nitrogens with zero attached hydrogens (tertiary/aromatic N) is 2. The van der Waals surface area contributed by atoms with Crippen LogP contribution in [0.5, 0.6) is 0 Å². The van der Waals surface area contributed by atoms with Gasteiger partial charge in [-0.05, 0) is 24.1 Å². The van der Waals surface area contributed by atoms with E-state index in [-0.39, 0.29) is 16.6 Å². The Balaban J connectivity index is 2.31. The van der Waals surface area contributed by atoms with Gasteiger partial charge in [0.1, 0.15) is 4.32 Å². The van der Waals surface area contributed by atoms with Crippen molar-refractivity contribution in [3.63, 3.8) is 0 Å². The molecule has 1 amide bonds. The van der Waals surface area contributed by atoms with E-state index in [0.29, 0.717) is 16.4 Å². The second-order valence-corrected chi connectivity index (χ2v) is 9.25. The van der Waals surface area contributed by atoms with Crippen LogP contribution in [0.2, 0.25) is 0 Å². The number of thiocarbonyl (C=S) groups is 1. The fourth-order valence-electron chi connectivity index (χ4n) is 2.31. The van der Waals surface area contributed by atoms with Gasteiger partial charge in [0.2, 0.25) is 0 Å². The molecule has 1 atom stereocenters. The summed E-state index contributed by atoms with van der Waals surface area (Å²) in [5.41, 5.74) is 0.425. The van der Waals surface area contributed by atoms with Crippen LogP contribution in [0, 0.1) is 0 Å². The van der Waals surface area contributed by atoms with Crippen molar-refractivity contribution >= 4 is 68.4 Å². The maximum atomic E-state index is 12.9. The number of carboxylic acids is 1. The third-order valence-corrected chi connectivity index (χ3v) is 6.68. The number of hydrogen-bond donors (Lipinski definition) is 2. The molecule has 144 valence electrons. The summed E-state index contributed by atoms with van der Waals surface area (Å²) in [5.74, 6) is -0.925. The molecule has 0 aliphatic carbocycles. The number of anilines is 1. The molecule has 0 radical (unpaired) electrons. The Morgan fingerprint density at radius 2 is 2.07 bits per heavy atom. The van der Waals surface area contributed by atoms with E-state index in [4.69, 9.17) is 12.2 Å². The standard InChI is InChI=1S/C17H19N3O3S4/c1-20(13(21)12-6-4-3-5-7-12)17(14(22)23,8-10-25-2)27-16(24)19-15-18-9-11-26-15/h3-7,9,11H,8,10H2,1-2H3,(H,22,23)(H,18,19,24)/t17-/m1/s1. The molecule has 0 bridgehead atoms. The minimum atomic E-state index is -1.53. The van der Waals surface area contributed by atoms with Crippen LogP contribution in [0.4, 0.5) is 5.13 Å². The summed E-state index contributed by atoms with van der Waals surface area (Å²) in [6.45, 7) is 0. The molecule has 0 aliphatic rings. The number of thiazole rings is 1. The molecular formula is C17H19N3O3S4. The van der Waals surface area contributed by atoms with Gasteiger partial charge in [0.15, 0.2) is 10.0 Å². The van der Waals surface area contributed by atoms with Crippen molar-refractivity contribution in [3.05, 3.63) is 47.5 Å². The normalized spacial score (nSPS) is 12.8. The van der Waals surface area contributed by atoms with Gasteiger partial charge in [0, 0.05) is 30.6 Å². The SMILES string of the molecule is CSCC[C@@](SC(=S)Nc1nccs1)(C(=O)O)N(C)C(=O)c1ccccc1. The van der Waals surface area contributed by atoms with Crippen molar-refractivity contribution in [2.24, 2.45) is 0 Å². The zero-order chi connectivity index (χ0) is 19.9. The van der Waals surface area contributed by atoms with Crippen molar-refractivity contribution in [1.82, 2.24) is 9.88 Å². The number of thioether (sulfide) groups is 2. The molecule has 1 aromatic carbocycles. The van der Waals surface area contributed by atoms with Crippen LogP contribution in [0.25, 0.3) is 0 Å². The number of rotatable bonds is 8. The minimum Gasteiger partial charge on any atom is -0.479 e. The maximum Gasteiger partial charge on any atom is 0.340 e. The third kappa shape index (κ3) is 5.44. The number of benzene rings is 1. The average Bonchev–Trinajstić information content (AvgIpc) is 3.17. The van der Waals surface area contributed by atoms with Crippen LogP contribution in [0.1, 0.15) is 16.8 Å². The van der Waals surface area contributed by atoms with Crippen LogP contribution in [0.3, 0.4) is 0 Å². The Kier molecular flexibility index (Phi) is 8.08. The van der Waals surface area contributed by atoms with Gasteiger partial charge in [-0.15, -0.1) is 11.3 Å². The molecule has 1 aromatic heterocycles. The molecule has 10 heteroatoms. The highest BCUT2D eigenvalue weighted by Gasteiger charge is 2.46. The maximum absolute atomic E-state index is 12.9. The van der Waals surface area contributed by atoms with Gasteiger partial charge in [-0.1, -0.05) is 42.2 Å². The summed E-state index contributed by atoms with van der Waals surface area (Å²) in [6.07, 6.45) is 3.76. The van der Waals surface area contributed by atoms with Gasteiger partial charge >= 0.3 is 5.97 Å². The quantitative estimate of drug-likeness (QED) is 0.472. The summed E-state index contributed by atoms with van der Waals surface area (Å²) in [7, 11) is 1.50. The number of carbonyl (C=O) groups is 2. The van der Waals surface area contributed by atoms with Crippen LogP contribution in [-0.4, -0.2) is 55.1 Å². The zero-order valence-electron chi connectivity index (χ0n) is 14.7. The molecule has 0 saturated heterocycles. The van der Waals surface area contributed by atoms with Crippen LogP contribution in [0.15, 0.2) is 41.9 Å². The highest BCUT2D eigenvalue weighted by molar-refractivity contribution is 8.24. The Labute approximate surface area is 175 Å². The lowest BCUT2D eigenvalue weighted by Gasteiger charge is -2.37. The van der Waals surface area contributed by atoms with Crippen molar-refractivity contribution in [2.45, 2.75) is 11.3 Å². The summed E-state index contributed by atoms with van der Waals surface area (Å²) in [6, 6.07) is 8.62. The van der Waals surface area contributed by atoms with E-state index in [2.05, 4.69) is 10.3 Å². The molecule has 2 N–H and O–H groups in total. The van der Waals surface area contributed by atoms with Gasteiger partial charge in [-0.2, -0.15) is 11.8 Å². The Bertz CT molecular complexity index is 786. The minimum absolute atomic E-state index is 0.239. The van der Waals surface area contributed by atoms with Gasteiger partial charge in [0.05, 0.1) is 0 Å². The molecule has 2 rings (SSSR count). The number of amides is 1. The van der Waals surface area contributed by atoms with Crippen molar-refractivity contribution in [1.29, 1.82) is 0 Å². The lowest BCUT2D eigenvalue weighted by molar-refractivity contribution is -0.143. The summed E-state index contributed by atoms with van der Waals surface area (Å²) >= 11 is 9.18. The number of hydrogen-bond acceptors (Lipinski definition) is 7. The number of nitrogens with one attached hydrogen (secondary N) is 1. The second kappa shape index (κ2) is 10.1. The van der Waals surface area contributed by atoms with Gasteiger partial charge < -0.3 is 15.3 Å². The van der Waals surface area contributed by atoms with Gasteiger partial charge in [-0.3, -0.25) is 4.79 Å². The molecule has 0 saturated carbocycles. The first-order valence-corrected chi connectivity index (χ1v) is 11.4. The third-order valence-electron chi connectivity index (χ3n) is 3.75. The number of aromatic nitrogens is 1. The first-order chi connectivity index (χ1) is 12.9. The summed E-state index contributed by atoms with van der Waals surface area (Å²) in [4.78, 5) is 29.1. The largest absolute Gasteiger partial charge is 0.479 e. The second-order valence-electron chi connectivity index (χ2n) is 5.41. The lowest BCUT2D eigenvalue weighted by atomic mass is 10.1. The monoisotopic (exact) mass is 441 g/mol. The molecule has 1 heterocycles. The Morgan fingerprint density at radius 3 is 2.63 bits per heavy atom. The first-order valence-electron chi connectivity index (χ1n) is 7.85. The van der Waals surface area contributed by atoms with Crippen molar-refractivity contribution in [2.75, 3.05) is 24.4 Å². The number of likely N-dealkylation sites (N-methyl/N-ethyl adjacent to an activating group) is 1. The van der Waals surface area contributed by atoms with E-state index in [1.165, 1.54) is 35.0 Å². The molecule has 0 fully saturated rings. The van der Waals surface area contributed by atoms with E-state index >= 15 is 0 Å².